The van der Waals surface area contributed by atoms with Crippen molar-refractivity contribution in [2.75, 3.05) is 26.1 Å². The molecule has 1 spiro atoms. The van der Waals surface area contributed by atoms with E-state index in [9.17, 15) is 14.4 Å². The number of nitrogens with zero attached hydrogens (tertiary/aromatic N) is 1. The Balaban J connectivity index is 1.63. The molecule has 1 heterocycles. The molecule has 2 aliphatic rings. The predicted octanol–water partition coefficient (Wildman–Crippen LogP) is 2.55. The fourth-order valence-corrected chi connectivity index (χ4v) is 3.81. The number of nitrogens with one attached hydrogen (secondary N) is 2. The minimum atomic E-state index is -0.764. The van der Waals surface area contributed by atoms with Gasteiger partial charge in [0.15, 0.2) is 0 Å². The number of hydrogen-bond donors (Lipinski definition) is 2. The van der Waals surface area contributed by atoms with Crippen LogP contribution >= 0.6 is 11.6 Å². The molecule has 1 saturated carbocycles. The summed E-state index contributed by atoms with van der Waals surface area (Å²) in [4.78, 5) is 38.2. The highest BCUT2D eigenvalue weighted by Crippen LogP contribution is 2.36. The van der Waals surface area contributed by atoms with Gasteiger partial charge >= 0.3 is 6.03 Å². The van der Waals surface area contributed by atoms with Crippen molar-refractivity contribution < 1.29 is 23.9 Å². The lowest BCUT2D eigenvalue weighted by Crippen LogP contribution is -2.44. The van der Waals surface area contributed by atoms with Gasteiger partial charge in [-0.15, -0.1) is 0 Å². The Kier molecular flexibility index (Phi) is 5.46. The average molecular weight is 396 g/mol. The van der Waals surface area contributed by atoms with Crippen molar-refractivity contribution in [3.05, 3.63) is 17.2 Å². The van der Waals surface area contributed by atoms with Gasteiger partial charge in [-0.2, -0.15) is 0 Å². The first-order valence-electron chi connectivity index (χ1n) is 8.75. The molecule has 4 amide bonds. The molecule has 2 N–H and O–H groups in total. The third kappa shape index (κ3) is 3.66. The van der Waals surface area contributed by atoms with E-state index in [1.165, 1.54) is 20.3 Å². The highest BCUT2D eigenvalue weighted by atomic mass is 35.5. The van der Waals surface area contributed by atoms with Gasteiger partial charge in [-0.3, -0.25) is 14.5 Å². The number of carbonyl (C=O) groups excluding carboxylic acids is 3. The molecule has 0 aromatic heterocycles. The molecule has 0 bridgehead atoms. The van der Waals surface area contributed by atoms with Gasteiger partial charge < -0.3 is 20.1 Å². The van der Waals surface area contributed by atoms with E-state index in [-0.39, 0.29) is 24.8 Å². The summed E-state index contributed by atoms with van der Waals surface area (Å²) in [7, 11) is 2.93. The molecular formula is C18H22ClN3O5. The maximum absolute atomic E-state index is 12.6. The number of halogens is 1. The zero-order chi connectivity index (χ0) is 19.6. The van der Waals surface area contributed by atoms with E-state index >= 15 is 0 Å². The van der Waals surface area contributed by atoms with Gasteiger partial charge in [-0.1, -0.05) is 24.4 Å². The van der Waals surface area contributed by atoms with Crippen molar-refractivity contribution in [3.63, 3.8) is 0 Å². The maximum Gasteiger partial charge on any atom is 0.325 e. The van der Waals surface area contributed by atoms with Crippen LogP contribution in [0.4, 0.5) is 10.5 Å². The lowest BCUT2D eigenvalue weighted by atomic mass is 9.98. The first kappa shape index (κ1) is 19.3. The number of imide groups is 1. The number of benzene rings is 1. The van der Waals surface area contributed by atoms with Crippen molar-refractivity contribution in [2.45, 2.75) is 37.6 Å². The van der Waals surface area contributed by atoms with Gasteiger partial charge in [0, 0.05) is 25.1 Å². The number of amides is 4. The molecule has 146 valence electrons. The second-order valence-electron chi connectivity index (χ2n) is 6.66. The summed E-state index contributed by atoms with van der Waals surface area (Å²) in [6.45, 7) is 0.0191. The Morgan fingerprint density at radius 2 is 1.89 bits per heavy atom. The Hall–Kier alpha value is -2.48. The van der Waals surface area contributed by atoms with E-state index in [0.717, 1.165) is 17.7 Å². The van der Waals surface area contributed by atoms with Crippen LogP contribution in [0.5, 0.6) is 11.5 Å². The van der Waals surface area contributed by atoms with E-state index in [1.807, 2.05) is 0 Å². The monoisotopic (exact) mass is 395 g/mol. The summed E-state index contributed by atoms with van der Waals surface area (Å²) in [5.41, 5.74) is -0.367. The first-order chi connectivity index (χ1) is 12.9. The quantitative estimate of drug-likeness (QED) is 0.721. The number of urea groups is 1. The summed E-state index contributed by atoms with van der Waals surface area (Å²) in [5.74, 6) is 0.188. The molecular weight excluding hydrogens is 374 g/mol. The number of carbonyl (C=O) groups is 3. The van der Waals surface area contributed by atoms with E-state index in [2.05, 4.69) is 10.6 Å². The molecule has 0 atom stereocenters. The van der Waals surface area contributed by atoms with Crippen LogP contribution in [-0.2, 0) is 9.59 Å². The van der Waals surface area contributed by atoms with Crippen LogP contribution in [0.15, 0.2) is 12.1 Å². The summed E-state index contributed by atoms with van der Waals surface area (Å²) in [6.07, 6.45) is 3.12. The highest BCUT2D eigenvalue weighted by Gasteiger charge is 2.52. The Bertz CT molecular complexity index is 777. The van der Waals surface area contributed by atoms with Gasteiger partial charge in [0.25, 0.3) is 5.91 Å². The summed E-state index contributed by atoms with van der Waals surface area (Å²) < 4.78 is 10.4. The zero-order valence-electron chi connectivity index (χ0n) is 15.3. The third-order valence-electron chi connectivity index (χ3n) is 5.01. The number of methoxy groups -OCH3 is 2. The molecule has 1 saturated heterocycles. The number of ether oxygens (including phenoxy) is 2. The van der Waals surface area contributed by atoms with E-state index in [1.54, 1.807) is 6.07 Å². The van der Waals surface area contributed by atoms with Crippen LogP contribution in [0, 0.1) is 0 Å². The summed E-state index contributed by atoms with van der Waals surface area (Å²) in [6, 6.07) is 2.66. The van der Waals surface area contributed by atoms with Crippen molar-refractivity contribution in [1.82, 2.24) is 10.2 Å². The van der Waals surface area contributed by atoms with Crippen molar-refractivity contribution in [2.24, 2.45) is 0 Å². The largest absolute Gasteiger partial charge is 0.495 e. The number of anilines is 1. The van der Waals surface area contributed by atoms with E-state index in [4.69, 9.17) is 21.1 Å². The highest BCUT2D eigenvalue weighted by molar-refractivity contribution is 6.32. The molecule has 0 unspecified atom stereocenters. The normalized spacial score (nSPS) is 18.0. The van der Waals surface area contributed by atoms with Crippen molar-refractivity contribution in [1.29, 1.82) is 0 Å². The Morgan fingerprint density at radius 1 is 1.22 bits per heavy atom. The van der Waals surface area contributed by atoms with E-state index < -0.39 is 11.6 Å². The van der Waals surface area contributed by atoms with Crippen LogP contribution in [0.25, 0.3) is 0 Å². The molecule has 2 fully saturated rings. The van der Waals surface area contributed by atoms with E-state index in [0.29, 0.717) is 35.1 Å². The van der Waals surface area contributed by atoms with Crippen LogP contribution in [0.2, 0.25) is 5.02 Å². The van der Waals surface area contributed by atoms with Crippen molar-refractivity contribution in [3.8, 4) is 11.5 Å². The Morgan fingerprint density at radius 3 is 2.52 bits per heavy atom. The molecule has 27 heavy (non-hydrogen) atoms. The fraction of sp³-hybridized carbons (Fsp3) is 0.500. The fourth-order valence-electron chi connectivity index (χ4n) is 3.58. The number of hydrogen-bond acceptors (Lipinski definition) is 5. The van der Waals surface area contributed by atoms with Gasteiger partial charge in [0.2, 0.25) is 5.91 Å². The van der Waals surface area contributed by atoms with Gasteiger partial charge in [0.1, 0.15) is 17.0 Å². The molecule has 1 aliphatic heterocycles. The second kappa shape index (κ2) is 7.64. The minimum Gasteiger partial charge on any atom is -0.495 e. The van der Waals surface area contributed by atoms with Crippen molar-refractivity contribution >= 4 is 35.1 Å². The van der Waals surface area contributed by atoms with Gasteiger partial charge in [-0.25, -0.2) is 4.79 Å². The van der Waals surface area contributed by atoms with Crippen LogP contribution in [0.1, 0.15) is 32.1 Å². The van der Waals surface area contributed by atoms with Crippen LogP contribution in [0.3, 0.4) is 0 Å². The zero-order valence-corrected chi connectivity index (χ0v) is 16.0. The van der Waals surface area contributed by atoms with Gasteiger partial charge in [0.05, 0.1) is 24.9 Å². The first-order valence-corrected chi connectivity index (χ1v) is 9.13. The average Bonchev–Trinajstić information content (AvgIpc) is 3.20. The molecule has 1 aromatic rings. The third-order valence-corrected chi connectivity index (χ3v) is 5.31. The summed E-state index contributed by atoms with van der Waals surface area (Å²) >= 11 is 6.05. The topological polar surface area (TPSA) is 97.0 Å². The second-order valence-corrected chi connectivity index (χ2v) is 7.07. The molecule has 9 heteroatoms. The predicted molar refractivity (Wildman–Crippen MR) is 99.2 cm³/mol. The molecule has 3 rings (SSSR count). The smallest absolute Gasteiger partial charge is 0.325 e. The van der Waals surface area contributed by atoms with Gasteiger partial charge in [-0.05, 0) is 12.8 Å². The SMILES string of the molecule is COc1cc(NC(=O)CCN2C(=O)NC3(CCCC3)C2=O)c(OC)cc1Cl. The Labute approximate surface area is 162 Å². The van der Waals surface area contributed by atoms with Crippen LogP contribution in [-0.4, -0.2) is 49.0 Å². The number of rotatable bonds is 6. The lowest BCUT2D eigenvalue weighted by molar-refractivity contribution is -0.131. The minimum absolute atomic E-state index is 0.0191. The maximum atomic E-state index is 12.6. The molecule has 1 aromatic carbocycles. The standard InChI is InChI=1S/C18H22ClN3O5/c1-26-13-10-12(14(27-2)9-11(13)19)20-15(23)5-8-22-16(24)18(21-17(22)25)6-3-4-7-18/h9-10H,3-8H2,1-2H3,(H,20,23)(H,21,25). The molecule has 1 aliphatic carbocycles. The molecule has 0 radical (unpaired) electrons. The lowest BCUT2D eigenvalue weighted by Gasteiger charge is -2.20. The van der Waals surface area contributed by atoms with Crippen LogP contribution < -0.4 is 20.1 Å². The molecule has 8 nitrogen and oxygen atoms in total. The summed E-state index contributed by atoms with van der Waals surface area (Å²) in [5, 5.41) is 5.86.